The van der Waals surface area contributed by atoms with Crippen LogP contribution in [0.4, 0.5) is 4.79 Å². The maximum absolute atomic E-state index is 12.4. The van der Waals surface area contributed by atoms with Crippen molar-refractivity contribution < 1.29 is 24.2 Å². The van der Waals surface area contributed by atoms with Gasteiger partial charge < -0.3 is 20.1 Å². The molecular weight excluding hydrogens is 466 g/mol. The Bertz CT molecular complexity index is 1020. The molecule has 2 amide bonds. The normalized spacial score (nSPS) is 16.3. The standard InChI is InChI=1S/C26H31N3O5S/c1-18(25(31)32)28-11-13-29(14-12-28)24(30)17-35-15-10-27-26(33)34-16-23-21-8-4-2-6-19(21)20-7-3-5-9-22(20)23/h2-9,18,23H,10-17H2,1H3,(H,27,33)(H,31,32). The highest BCUT2D eigenvalue weighted by Gasteiger charge is 2.29. The topological polar surface area (TPSA) is 99.2 Å². The first-order valence-corrected chi connectivity index (χ1v) is 13.0. The van der Waals surface area contributed by atoms with Gasteiger partial charge in [-0.3, -0.25) is 14.5 Å². The second-order valence-corrected chi connectivity index (χ2v) is 9.84. The number of fused-ring (bicyclic) bond motifs is 3. The maximum Gasteiger partial charge on any atom is 0.407 e. The number of carboxylic acid groups (broad SMARTS) is 1. The van der Waals surface area contributed by atoms with Crippen molar-refractivity contribution in [2.24, 2.45) is 0 Å². The minimum atomic E-state index is -0.843. The number of ether oxygens (including phenoxy) is 1. The van der Waals surface area contributed by atoms with Gasteiger partial charge in [0.2, 0.25) is 5.91 Å². The number of carboxylic acids is 1. The molecule has 2 aliphatic rings. The van der Waals surface area contributed by atoms with Crippen molar-refractivity contribution in [3.63, 3.8) is 0 Å². The highest BCUT2D eigenvalue weighted by Crippen LogP contribution is 2.44. The quantitative estimate of drug-likeness (QED) is 0.514. The van der Waals surface area contributed by atoms with Crippen molar-refractivity contribution in [1.82, 2.24) is 15.1 Å². The van der Waals surface area contributed by atoms with Gasteiger partial charge in [-0.25, -0.2) is 4.79 Å². The molecule has 2 N–H and O–H groups in total. The van der Waals surface area contributed by atoms with Gasteiger partial charge in [0.05, 0.1) is 5.75 Å². The van der Waals surface area contributed by atoms with E-state index in [1.807, 2.05) is 29.2 Å². The van der Waals surface area contributed by atoms with Crippen molar-refractivity contribution in [2.45, 2.75) is 18.9 Å². The zero-order chi connectivity index (χ0) is 24.8. The van der Waals surface area contributed by atoms with Gasteiger partial charge in [0.25, 0.3) is 0 Å². The van der Waals surface area contributed by atoms with Crippen LogP contribution < -0.4 is 5.32 Å². The van der Waals surface area contributed by atoms with E-state index in [0.717, 1.165) is 0 Å². The summed E-state index contributed by atoms with van der Waals surface area (Å²) in [7, 11) is 0. The number of carbonyl (C=O) groups is 3. The van der Waals surface area contributed by atoms with Crippen molar-refractivity contribution in [2.75, 3.05) is 50.8 Å². The van der Waals surface area contributed by atoms with Gasteiger partial charge >= 0.3 is 12.1 Å². The number of rotatable bonds is 9. The Morgan fingerprint density at radius 1 is 1.03 bits per heavy atom. The summed E-state index contributed by atoms with van der Waals surface area (Å²) in [5, 5.41) is 11.9. The lowest BCUT2D eigenvalue weighted by Crippen LogP contribution is -2.53. The predicted octanol–water partition coefficient (Wildman–Crippen LogP) is 2.88. The van der Waals surface area contributed by atoms with Crippen LogP contribution in [0, 0.1) is 0 Å². The monoisotopic (exact) mass is 497 g/mol. The van der Waals surface area contributed by atoms with E-state index in [1.165, 1.54) is 34.0 Å². The number of thioether (sulfide) groups is 1. The van der Waals surface area contributed by atoms with Gasteiger partial charge in [-0.2, -0.15) is 11.8 Å². The molecule has 0 aromatic heterocycles. The molecule has 4 rings (SSSR count). The zero-order valence-electron chi connectivity index (χ0n) is 19.8. The molecule has 9 heteroatoms. The second-order valence-electron chi connectivity index (χ2n) is 8.74. The molecular formula is C26H31N3O5S. The molecule has 1 saturated heterocycles. The van der Waals surface area contributed by atoms with Crippen LogP contribution in [0.25, 0.3) is 11.1 Å². The Morgan fingerprint density at radius 3 is 2.23 bits per heavy atom. The van der Waals surface area contributed by atoms with Gasteiger partial charge in [-0.1, -0.05) is 48.5 Å². The van der Waals surface area contributed by atoms with E-state index in [-0.39, 0.29) is 18.4 Å². The number of carbonyl (C=O) groups excluding carboxylic acids is 2. The van der Waals surface area contributed by atoms with Gasteiger partial charge in [0.15, 0.2) is 0 Å². The van der Waals surface area contributed by atoms with Crippen LogP contribution in [-0.2, 0) is 14.3 Å². The SMILES string of the molecule is CC(C(=O)O)N1CCN(C(=O)CSCCNC(=O)OCC2c3ccccc3-c3ccccc32)CC1. The summed E-state index contributed by atoms with van der Waals surface area (Å²) in [5.74, 6) is 0.161. The smallest absolute Gasteiger partial charge is 0.407 e. The number of nitrogens with one attached hydrogen (secondary N) is 1. The Labute approximate surface area is 209 Å². The summed E-state index contributed by atoms with van der Waals surface area (Å²) in [4.78, 5) is 39.4. The third-order valence-corrected chi connectivity index (χ3v) is 7.60. The summed E-state index contributed by atoms with van der Waals surface area (Å²) >= 11 is 1.46. The van der Waals surface area contributed by atoms with Crippen LogP contribution in [-0.4, -0.2) is 89.8 Å². The van der Waals surface area contributed by atoms with E-state index in [9.17, 15) is 14.4 Å². The van der Waals surface area contributed by atoms with Crippen LogP contribution in [0.5, 0.6) is 0 Å². The second kappa shape index (κ2) is 11.6. The maximum atomic E-state index is 12.4. The largest absolute Gasteiger partial charge is 0.480 e. The predicted molar refractivity (Wildman–Crippen MR) is 136 cm³/mol. The third kappa shape index (κ3) is 5.97. The molecule has 1 heterocycles. The molecule has 1 unspecified atom stereocenters. The summed E-state index contributed by atoms with van der Waals surface area (Å²) in [6, 6.07) is 15.9. The van der Waals surface area contributed by atoms with Gasteiger partial charge in [-0.15, -0.1) is 0 Å². The van der Waals surface area contributed by atoms with Gasteiger partial charge in [0, 0.05) is 44.4 Å². The van der Waals surface area contributed by atoms with Crippen LogP contribution in [0.3, 0.4) is 0 Å². The van der Waals surface area contributed by atoms with E-state index in [4.69, 9.17) is 9.84 Å². The first kappa shape index (κ1) is 25.1. The number of benzene rings is 2. The molecule has 0 bridgehead atoms. The summed E-state index contributed by atoms with van der Waals surface area (Å²) in [6.07, 6.45) is -0.456. The molecule has 8 nitrogen and oxygen atoms in total. The van der Waals surface area contributed by atoms with Crippen molar-refractivity contribution >= 4 is 29.7 Å². The fourth-order valence-electron chi connectivity index (χ4n) is 4.64. The van der Waals surface area contributed by atoms with Crippen molar-refractivity contribution in [3.8, 4) is 11.1 Å². The molecule has 1 atom stereocenters. The van der Waals surface area contributed by atoms with Gasteiger partial charge in [0.1, 0.15) is 12.6 Å². The molecule has 35 heavy (non-hydrogen) atoms. The Morgan fingerprint density at radius 2 is 1.63 bits per heavy atom. The summed E-state index contributed by atoms with van der Waals surface area (Å²) < 4.78 is 5.53. The number of piperazine rings is 1. The van der Waals surface area contributed by atoms with E-state index >= 15 is 0 Å². The Kier molecular flexibility index (Phi) is 8.30. The summed E-state index contributed by atoms with van der Waals surface area (Å²) in [6.45, 7) is 4.56. The molecule has 1 aliphatic carbocycles. The van der Waals surface area contributed by atoms with Crippen LogP contribution in [0.2, 0.25) is 0 Å². The van der Waals surface area contributed by atoms with Crippen molar-refractivity contribution in [1.29, 1.82) is 0 Å². The highest BCUT2D eigenvalue weighted by atomic mass is 32.2. The van der Waals surface area contributed by atoms with Crippen molar-refractivity contribution in [3.05, 3.63) is 59.7 Å². The summed E-state index contributed by atoms with van der Waals surface area (Å²) in [5.41, 5.74) is 4.73. The lowest BCUT2D eigenvalue weighted by atomic mass is 9.98. The number of hydrogen-bond acceptors (Lipinski definition) is 6. The number of amides is 2. The Balaban J connectivity index is 1.13. The van der Waals surface area contributed by atoms with E-state index in [0.29, 0.717) is 44.2 Å². The molecule has 186 valence electrons. The first-order chi connectivity index (χ1) is 17.0. The highest BCUT2D eigenvalue weighted by molar-refractivity contribution is 7.99. The Hall–Kier alpha value is -3.04. The molecule has 2 aromatic rings. The van der Waals surface area contributed by atoms with Gasteiger partial charge in [-0.05, 0) is 29.2 Å². The number of aliphatic carboxylic acids is 1. The average Bonchev–Trinajstić information content (AvgIpc) is 3.20. The fourth-order valence-corrected chi connectivity index (χ4v) is 5.39. The molecule has 1 aliphatic heterocycles. The number of hydrogen-bond donors (Lipinski definition) is 2. The molecule has 0 spiro atoms. The first-order valence-electron chi connectivity index (χ1n) is 11.9. The van der Waals surface area contributed by atoms with Crippen LogP contribution in [0.15, 0.2) is 48.5 Å². The van der Waals surface area contributed by atoms with Crippen LogP contribution >= 0.6 is 11.8 Å². The molecule has 0 saturated carbocycles. The average molecular weight is 498 g/mol. The lowest BCUT2D eigenvalue weighted by molar-refractivity contribution is -0.143. The number of alkyl carbamates (subject to hydrolysis) is 1. The van der Waals surface area contributed by atoms with E-state index in [2.05, 4.69) is 29.6 Å². The van der Waals surface area contributed by atoms with E-state index < -0.39 is 18.1 Å². The molecule has 0 radical (unpaired) electrons. The fraction of sp³-hybridized carbons (Fsp3) is 0.423. The van der Waals surface area contributed by atoms with Crippen LogP contribution in [0.1, 0.15) is 24.0 Å². The molecule has 1 fully saturated rings. The lowest BCUT2D eigenvalue weighted by Gasteiger charge is -2.36. The minimum Gasteiger partial charge on any atom is -0.480 e. The zero-order valence-corrected chi connectivity index (χ0v) is 20.6. The van der Waals surface area contributed by atoms with E-state index in [1.54, 1.807) is 11.8 Å². The third-order valence-electron chi connectivity index (χ3n) is 6.66. The molecule has 2 aromatic carbocycles. The number of nitrogens with zero attached hydrogens (tertiary/aromatic N) is 2. The minimum absolute atomic E-state index is 0.0269.